The first-order valence-corrected chi connectivity index (χ1v) is 6.06. The number of ether oxygens (including phenoxy) is 3. The molecule has 0 saturated carbocycles. The molecule has 4 heteroatoms. The van der Waals surface area contributed by atoms with Crippen molar-refractivity contribution >= 4 is 15.9 Å². The van der Waals surface area contributed by atoms with Gasteiger partial charge < -0.3 is 14.2 Å². The van der Waals surface area contributed by atoms with Crippen LogP contribution in [0, 0.1) is 0 Å². The minimum Gasteiger partial charge on any atom is -0.496 e. The molecule has 2 rings (SSSR count). The Morgan fingerprint density at radius 1 is 1.31 bits per heavy atom. The van der Waals surface area contributed by atoms with Crippen molar-refractivity contribution in [2.45, 2.75) is 18.9 Å². The van der Waals surface area contributed by atoms with E-state index < -0.39 is 0 Å². The van der Waals surface area contributed by atoms with Crippen LogP contribution in [0.1, 0.15) is 12.0 Å². The van der Waals surface area contributed by atoms with Crippen LogP contribution >= 0.6 is 15.9 Å². The number of rotatable bonds is 5. The Hall–Kier alpha value is -0.740. The molecule has 16 heavy (non-hydrogen) atoms. The lowest BCUT2D eigenvalue weighted by Gasteiger charge is -2.11. The average molecular weight is 287 g/mol. The van der Waals surface area contributed by atoms with Crippen molar-refractivity contribution in [1.29, 1.82) is 0 Å². The van der Waals surface area contributed by atoms with Gasteiger partial charge in [0.2, 0.25) is 0 Å². The average Bonchev–Trinajstić information content (AvgIpc) is 3.10. The molecule has 0 spiro atoms. The smallest absolute Gasteiger partial charge is 0.136 e. The van der Waals surface area contributed by atoms with Gasteiger partial charge in [0.05, 0.1) is 31.4 Å². The molecule has 1 aliphatic rings. The zero-order chi connectivity index (χ0) is 11.5. The van der Waals surface area contributed by atoms with Crippen molar-refractivity contribution in [3.05, 3.63) is 22.2 Å². The number of hydrogen-bond donors (Lipinski definition) is 0. The largest absolute Gasteiger partial charge is 0.496 e. The standard InChI is InChI=1S/C12H15BrO3/c1-14-11-6-12(15-2)10(13)5-8(11)3-4-9-7-16-9/h5-6,9H,3-4,7H2,1-2H3. The maximum Gasteiger partial charge on any atom is 0.136 e. The lowest BCUT2D eigenvalue weighted by Crippen LogP contribution is -1.97. The highest BCUT2D eigenvalue weighted by molar-refractivity contribution is 9.10. The van der Waals surface area contributed by atoms with Gasteiger partial charge in [0, 0.05) is 6.07 Å². The van der Waals surface area contributed by atoms with Crippen molar-refractivity contribution in [3.8, 4) is 11.5 Å². The summed E-state index contributed by atoms with van der Waals surface area (Å²) in [6.07, 6.45) is 2.47. The van der Waals surface area contributed by atoms with E-state index in [0.29, 0.717) is 6.10 Å². The van der Waals surface area contributed by atoms with Gasteiger partial charge in [0.1, 0.15) is 11.5 Å². The van der Waals surface area contributed by atoms with Crippen molar-refractivity contribution in [1.82, 2.24) is 0 Å². The van der Waals surface area contributed by atoms with Crippen LogP contribution in [-0.4, -0.2) is 26.9 Å². The van der Waals surface area contributed by atoms with Gasteiger partial charge in [-0.15, -0.1) is 0 Å². The molecule has 0 bridgehead atoms. The van der Waals surface area contributed by atoms with E-state index in [4.69, 9.17) is 14.2 Å². The molecule has 0 N–H and O–H groups in total. The van der Waals surface area contributed by atoms with Crippen LogP contribution in [-0.2, 0) is 11.2 Å². The number of epoxide rings is 1. The van der Waals surface area contributed by atoms with E-state index in [1.807, 2.05) is 6.07 Å². The molecular weight excluding hydrogens is 272 g/mol. The van der Waals surface area contributed by atoms with Gasteiger partial charge in [0.25, 0.3) is 0 Å². The van der Waals surface area contributed by atoms with E-state index in [9.17, 15) is 0 Å². The minimum absolute atomic E-state index is 0.450. The minimum atomic E-state index is 0.450. The predicted octanol–water partition coefficient (Wildman–Crippen LogP) is 2.80. The van der Waals surface area contributed by atoms with Crippen LogP contribution in [0.15, 0.2) is 16.6 Å². The summed E-state index contributed by atoms with van der Waals surface area (Å²) in [6, 6.07) is 3.97. The Kier molecular flexibility index (Phi) is 3.71. The van der Waals surface area contributed by atoms with E-state index in [2.05, 4.69) is 22.0 Å². The van der Waals surface area contributed by atoms with E-state index in [-0.39, 0.29) is 0 Å². The molecule has 1 saturated heterocycles. The molecule has 0 amide bonds. The van der Waals surface area contributed by atoms with Gasteiger partial charge in [-0.1, -0.05) is 0 Å². The van der Waals surface area contributed by atoms with Crippen molar-refractivity contribution in [2.75, 3.05) is 20.8 Å². The summed E-state index contributed by atoms with van der Waals surface area (Å²) in [7, 11) is 3.33. The molecule has 88 valence electrons. The van der Waals surface area contributed by atoms with Crippen LogP contribution in [0.3, 0.4) is 0 Å². The molecule has 1 aromatic carbocycles. The topological polar surface area (TPSA) is 31.0 Å². The maximum absolute atomic E-state index is 5.35. The summed E-state index contributed by atoms with van der Waals surface area (Å²) in [5.41, 5.74) is 1.19. The number of benzene rings is 1. The monoisotopic (exact) mass is 286 g/mol. The molecule has 1 aliphatic heterocycles. The summed E-state index contributed by atoms with van der Waals surface area (Å²) in [5.74, 6) is 1.67. The first-order valence-electron chi connectivity index (χ1n) is 5.26. The highest BCUT2D eigenvalue weighted by Crippen LogP contribution is 2.34. The highest BCUT2D eigenvalue weighted by atomic mass is 79.9. The molecule has 0 aliphatic carbocycles. The third-order valence-electron chi connectivity index (χ3n) is 2.69. The predicted molar refractivity (Wildman–Crippen MR) is 65.3 cm³/mol. The molecule has 0 radical (unpaired) electrons. The quantitative estimate of drug-likeness (QED) is 0.780. The van der Waals surface area contributed by atoms with Crippen LogP contribution in [0.2, 0.25) is 0 Å². The fourth-order valence-corrected chi connectivity index (χ4v) is 2.22. The SMILES string of the molecule is COc1cc(OC)c(CCC2CO2)cc1Br. The second kappa shape index (κ2) is 5.06. The molecule has 0 aromatic heterocycles. The van der Waals surface area contributed by atoms with E-state index in [1.165, 1.54) is 5.56 Å². The van der Waals surface area contributed by atoms with Gasteiger partial charge in [-0.3, -0.25) is 0 Å². The summed E-state index contributed by atoms with van der Waals surface area (Å²) >= 11 is 3.48. The summed E-state index contributed by atoms with van der Waals surface area (Å²) in [5, 5.41) is 0. The molecule has 1 fully saturated rings. The summed E-state index contributed by atoms with van der Waals surface area (Å²) in [6.45, 7) is 0.902. The first kappa shape index (κ1) is 11.7. The fourth-order valence-electron chi connectivity index (χ4n) is 1.67. The lowest BCUT2D eigenvalue weighted by atomic mass is 10.1. The lowest BCUT2D eigenvalue weighted by molar-refractivity contribution is 0.382. The second-order valence-electron chi connectivity index (χ2n) is 3.79. The number of methoxy groups -OCH3 is 2. The second-order valence-corrected chi connectivity index (χ2v) is 4.65. The van der Waals surface area contributed by atoms with Crippen molar-refractivity contribution in [3.63, 3.8) is 0 Å². The van der Waals surface area contributed by atoms with Crippen molar-refractivity contribution in [2.24, 2.45) is 0 Å². The Bertz CT molecular complexity index is 375. The van der Waals surface area contributed by atoms with Crippen LogP contribution in [0.4, 0.5) is 0 Å². The fraction of sp³-hybridized carbons (Fsp3) is 0.500. The van der Waals surface area contributed by atoms with Gasteiger partial charge in [-0.25, -0.2) is 0 Å². The molecular formula is C12H15BrO3. The molecule has 1 unspecified atom stereocenters. The van der Waals surface area contributed by atoms with Crippen LogP contribution in [0.25, 0.3) is 0 Å². The maximum atomic E-state index is 5.35. The zero-order valence-electron chi connectivity index (χ0n) is 9.46. The van der Waals surface area contributed by atoms with Gasteiger partial charge in [-0.05, 0) is 40.4 Å². The number of halogens is 1. The van der Waals surface area contributed by atoms with Crippen LogP contribution in [0.5, 0.6) is 11.5 Å². The Morgan fingerprint density at radius 2 is 2.00 bits per heavy atom. The van der Waals surface area contributed by atoms with E-state index in [0.717, 1.165) is 35.4 Å². The highest BCUT2D eigenvalue weighted by Gasteiger charge is 2.22. The number of aryl methyl sites for hydroxylation is 1. The first-order chi connectivity index (χ1) is 7.74. The molecule has 1 atom stereocenters. The summed E-state index contributed by atoms with van der Waals surface area (Å²) < 4.78 is 16.7. The van der Waals surface area contributed by atoms with Crippen molar-refractivity contribution < 1.29 is 14.2 Å². The van der Waals surface area contributed by atoms with Gasteiger partial charge in [0.15, 0.2) is 0 Å². The van der Waals surface area contributed by atoms with Gasteiger partial charge in [-0.2, -0.15) is 0 Å². The Labute approximate surface area is 104 Å². The summed E-state index contributed by atoms with van der Waals surface area (Å²) in [4.78, 5) is 0. The normalized spacial score (nSPS) is 18.3. The van der Waals surface area contributed by atoms with Gasteiger partial charge >= 0.3 is 0 Å². The third-order valence-corrected chi connectivity index (χ3v) is 3.31. The van der Waals surface area contributed by atoms with Crippen LogP contribution < -0.4 is 9.47 Å². The third kappa shape index (κ3) is 2.68. The number of hydrogen-bond acceptors (Lipinski definition) is 3. The Balaban J connectivity index is 2.16. The van der Waals surface area contributed by atoms with E-state index >= 15 is 0 Å². The molecule has 3 nitrogen and oxygen atoms in total. The van der Waals surface area contributed by atoms with E-state index in [1.54, 1.807) is 14.2 Å². The zero-order valence-corrected chi connectivity index (χ0v) is 11.0. The molecule has 1 heterocycles. The Morgan fingerprint density at radius 3 is 2.56 bits per heavy atom. The molecule has 1 aromatic rings.